The van der Waals surface area contributed by atoms with Crippen molar-refractivity contribution in [2.45, 2.75) is 45.1 Å². The number of carbonyl (C=O) groups is 1. The molecule has 4 aliphatic carbocycles. The van der Waals surface area contributed by atoms with E-state index in [1.54, 1.807) is 6.33 Å². The van der Waals surface area contributed by atoms with Crippen LogP contribution in [-0.2, 0) is 11.3 Å². The molecular weight excluding hydrogens is 398 g/mol. The molecule has 1 aromatic carbocycles. The van der Waals surface area contributed by atoms with Crippen molar-refractivity contribution in [1.29, 1.82) is 0 Å². The maximum atomic E-state index is 13.4. The van der Waals surface area contributed by atoms with Crippen LogP contribution in [0.3, 0.4) is 0 Å². The van der Waals surface area contributed by atoms with Gasteiger partial charge in [-0.1, -0.05) is 30.3 Å². The van der Waals surface area contributed by atoms with Crippen LogP contribution in [0.5, 0.6) is 0 Å². The lowest BCUT2D eigenvalue weighted by Gasteiger charge is -2.55. The van der Waals surface area contributed by atoms with E-state index in [0.717, 1.165) is 75.6 Å². The maximum Gasteiger partial charge on any atom is 0.231 e. The Hall–Kier alpha value is -2.47. The van der Waals surface area contributed by atoms with Crippen LogP contribution >= 0.6 is 0 Å². The van der Waals surface area contributed by atoms with Gasteiger partial charge in [0.1, 0.15) is 18.0 Å². The number of rotatable bonds is 5. The van der Waals surface area contributed by atoms with Crippen molar-refractivity contribution in [3.8, 4) is 0 Å². The highest BCUT2D eigenvalue weighted by atomic mass is 16.2. The summed E-state index contributed by atoms with van der Waals surface area (Å²) < 4.78 is 0. The second-order valence-electron chi connectivity index (χ2n) is 10.7. The molecule has 6 heteroatoms. The summed E-state index contributed by atoms with van der Waals surface area (Å²) in [5, 5.41) is 3.19. The van der Waals surface area contributed by atoms with Crippen LogP contribution in [0.15, 0.2) is 42.7 Å². The predicted molar refractivity (Wildman–Crippen MR) is 125 cm³/mol. The van der Waals surface area contributed by atoms with E-state index in [0.29, 0.717) is 5.82 Å². The van der Waals surface area contributed by atoms with E-state index in [2.05, 4.69) is 55.4 Å². The van der Waals surface area contributed by atoms with Crippen LogP contribution in [0.4, 0.5) is 11.6 Å². The highest BCUT2D eigenvalue weighted by molar-refractivity contribution is 5.95. The summed E-state index contributed by atoms with van der Waals surface area (Å²) in [5.41, 5.74) is 1.21. The molecule has 1 saturated heterocycles. The number of nitrogens with zero attached hydrogens (tertiary/aromatic N) is 4. The summed E-state index contributed by atoms with van der Waals surface area (Å²) in [4.78, 5) is 27.1. The molecule has 0 radical (unpaired) electrons. The number of amides is 1. The minimum Gasteiger partial charge on any atom is -0.354 e. The molecule has 7 rings (SSSR count). The normalized spacial score (nSPS) is 31.6. The maximum absolute atomic E-state index is 13.4. The van der Waals surface area contributed by atoms with Gasteiger partial charge in [-0.25, -0.2) is 9.97 Å². The van der Waals surface area contributed by atoms with Gasteiger partial charge in [-0.05, 0) is 61.8 Å². The lowest BCUT2D eigenvalue weighted by atomic mass is 9.49. The van der Waals surface area contributed by atoms with Crippen LogP contribution in [0, 0.1) is 23.2 Å². The summed E-state index contributed by atoms with van der Waals surface area (Å²) in [6, 6.07) is 12.6. The van der Waals surface area contributed by atoms with E-state index in [1.807, 2.05) is 6.07 Å². The van der Waals surface area contributed by atoms with Crippen LogP contribution in [0.2, 0.25) is 0 Å². The third-order valence-corrected chi connectivity index (χ3v) is 8.36. The van der Waals surface area contributed by atoms with E-state index in [4.69, 9.17) is 0 Å². The molecule has 0 spiro atoms. The van der Waals surface area contributed by atoms with Crippen molar-refractivity contribution < 1.29 is 4.79 Å². The van der Waals surface area contributed by atoms with Gasteiger partial charge >= 0.3 is 0 Å². The number of hydrogen-bond acceptors (Lipinski definition) is 5. The fraction of sp³-hybridized carbons (Fsp3) is 0.577. The number of hydrogen-bond donors (Lipinski definition) is 1. The summed E-state index contributed by atoms with van der Waals surface area (Å²) in [6.45, 7) is 4.88. The number of piperazine rings is 1. The first-order chi connectivity index (χ1) is 15.6. The summed E-state index contributed by atoms with van der Waals surface area (Å²) in [5.74, 6) is 4.07. The summed E-state index contributed by atoms with van der Waals surface area (Å²) in [7, 11) is 0. The SMILES string of the molecule is O=C(Nc1cc(N2CCN(Cc3ccccc3)CC2)ncn1)C12CC3CC(CC(C3)C1)C2. The molecule has 1 aromatic heterocycles. The van der Waals surface area contributed by atoms with E-state index >= 15 is 0 Å². The van der Waals surface area contributed by atoms with Crippen molar-refractivity contribution in [3.63, 3.8) is 0 Å². The molecule has 4 bridgehead atoms. The molecule has 0 unspecified atom stereocenters. The average Bonchev–Trinajstić information content (AvgIpc) is 2.80. The number of anilines is 2. The highest BCUT2D eigenvalue weighted by Gasteiger charge is 2.54. The lowest BCUT2D eigenvalue weighted by Crippen LogP contribution is -2.51. The van der Waals surface area contributed by atoms with Gasteiger partial charge in [-0.3, -0.25) is 9.69 Å². The van der Waals surface area contributed by atoms with Crippen molar-refractivity contribution in [3.05, 3.63) is 48.3 Å². The average molecular weight is 432 g/mol. The van der Waals surface area contributed by atoms with Crippen LogP contribution < -0.4 is 10.2 Å². The van der Waals surface area contributed by atoms with Gasteiger partial charge in [0.25, 0.3) is 0 Å². The van der Waals surface area contributed by atoms with Gasteiger partial charge in [0.2, 0.25) is 5.91 Å². The molecule has 6 nitrogen and oxygen atoms in total. The minimum absolute atomic E-state index is 0.150. The zero-order valence-corrected chi connectivity index (χ0v) is 18.7. The molecule has 1 aliphatic heterocycles. The van der Waals surface area contributed by atoms with Gasteiger partial charge < -0.3 is 10.2 Å². The number of nitrogens with one attached hydrogen (secondary N) is 1. The Morgan fingerprint density at radius 2 is 1.59 bits per heavy atom. The molecule has 2 aromatic rings. The van der Waals surface area contributed by atoms with Crippen LogP contribution in [0.1, 0.15) is 44.1 Å². The first-order valence-corrected chi connectivity index (χ1v) is 12.3. The Labute approximate surface area is 190 Å². The van der Waals surface area contributed by atoms with E-state index in [9.17, 15) is 4.79 Å². The van der Waals surface area contributed by atoms with Gasteiger partial charge in [0.15, 0.2) is 0 Å². The third-order valence-electron chi connectivity index (χ3n) is 8.36. The summed E-state index contributed by atoms with van der Waals surface area (Å²) in [6.07, 6.45) is 8.87. The van der Waals surface area contributed by atoms with Crippen LogP contribution in [-0.4, -0.2) is 47.0 Å². The number of benzene rings is 1. The molecule has 32 heavy (non-hydrogen) atoms. The minimum atomic E-state index is -0.150. The molecule has 0 atom stereocenters. The van der Waals surface area contributed by atoms with Gasteiger partial charge in [0, 0.05) is 38.8 Å². The molecule has 1 amide bonds. The van der Waals surface area contributed by atoms with E-state index in [-0.39, 0.29) is 11.3 Å². The topological polar surface area (TPSA) is 61.4 Å². The highest BCUT2D eigenvalue weighted by Crippen LogP contribution is 2.60. The zero-order valence-electron chi connectivity index (χ0n) is 18.7. The Bertz CT molecular complexity index is 934. The van der Waals surface area contributed by atoms with Crippen molar-refractivity contribution in [1.82, 2.24) is 14.9 Å². The Morgan fingerprint density at radius 1 is 0.938 bits per heavy atom. The predicted octanol–water partition coefficient (Wildman–Crippen LogP) is 3.95. The Kier molecular flexibility index (Phi) is 5.13. The monoisotopic (exact) mass is 431 g/mol. The van der Waals surface area contributed by atoms with Crippen molar-refractivity contribution >= 4 is 17.5 Å². The van der Waals surface area contributed by atoms with Gasteiger partial charge in [0.05, 0.1) is 5.41 Å². The first-order valence-electron chi connectivity index (χ1n) is 12.3. The van der Waals surface area contributed by atoms with Crippen LogP contribution in [0.25, 0.3) is 0 Å². The second-order valence-corrected chi connectivity index (χ2v) is 10.7. The first kappa shape index (κ1) is 20.2. The standard InChI is InChI=1S/C26H33N5O/c32-25(26-14-20-10-21(15-26)12-22(11-20)16-26)29-23-13-24(28-18-27-23)31-8-6-30(7-9-31)17-19-4-2-1-3-5-19/h1-5,13,18,20-22H,6-12,14-17H2,(H,27,28,29,32). The van der Waals surface area contributed by atoms with E-state index < -0.39 is 0 Å². The number of carbonyl (C=O) groups excluding carboxylic acids is 1. The zero-order chi connectivity index (χ0) is 21.5. The number of aromatic nitrogens is 2. The lowest BCUT2D eigenvalue weighted by molar-refractivity contribution is -0.140. The Morgan fingerprint density at radius 3 is 2.25 bits per heavy atom. The van der Waals surface area contributed by atoms with Gasteiger partial charge in [-0.2, -0.15) is 0 Å². The van der Waals surface area contributed by atoms with Crippen molar-refractivity contribution in [2.75, 3.05) is 36.4 Å². The fourth-order valence-electron chi connectivity index (χ4n) is 7.20. The molecule has 5 aliphatic rings. The smallest absolute Gasteiger partial charge is 0.231 e. The summed E-state index contributed by atoms with van der Waals surface area (Å²) >= 11 is 0. The third kappa shape index (κ3) is 3.90. The molecular formula is C26H33N5O. The second kappa shape index (κ2) is 8.14. The van der Waals surface area contributed by atoms with Crippen molar-refractivity contribution in [2.24, 2.45) is 23.2 Å². The molecule has 168 valence electrons. The molecule has 5 fully saturated rings. The largest absolute Gasteiger partial charge is 0.354 e. The quantitative estimate of drug-likeness (QED) is 0.777. The molecule has 1 N–H and O–H groups in total. The molecule has 4 saturated carbocycles. The fourth-order valence-corrected chi connectivity index (χ4v) is 7.20. The molecule has 2 heterocycles. The van der Waals surface area contributed by atoms with E-state index in [1.165, 1.54) is 24.8 Å². The Balaban J connectivity index is 1.08. The van der Waals surface area contributed by atoms with Gasteiger partial charge in [-0.15, -0.1) is 0 Å².